The van der Waals surface area contributed by atoms with Crippen LogP contribution in [0.3, 0.4) is 0 Å². The van der Waals surface area contributed by atoms with E-state index in [1.165, 1.54) is 0 Å². The Labute approximate surface area is 135 Å². The van der Waals surface area contributed by atoms with Gasteiger partial charge in [0, 0.05) is 38.3 Å². The smallest absolute Gasteiger partial charge is 0.254 e. The highest BCUT2D eigenvalue weighted by molar-refractivity contribution is 5.94. The number of carbonyl (C=O) groups excluding carboxylic acids is 2. The van der Waals surface area contributed by atoms with Gasteiger partial charge in [-0.1, -0.05) is 6.07 Å². The first kappa shape index (κ1) is 15.5. The molecule has 23 heavy (non-hydrogen) atoms. The Morgan fingerprint density at radius 2 is 1.91 bits per heavy atom. The van der Waals surface area contributed by atoms with Crippen molar-refractivity contribution in [2.75, 3.05) is 32.8 Å². The quantitative estimate of drug-likeness (QED) is 0.817. The average Bonchev–Trinajstić information content (AvgIpc) is 3.15. The molecule has 2 amide bonds. The van der Waals surface area contributed by atoms with E-state index < -0.39 is 0 Å². The summed E-state index contributed by atoms with van der Waals surface area (Å²) in [6.07, 6.45) is 1.42. The van der Waals surface area contributed by atoms with E-state index in [4.69, 9.17) is 10.00 Å². The molecule has 1 atom stereocenters. The molecule has 6 heteroatoms. The number of benzene rings is 1. The lowest BCUT2D eigenvalue weighted by atomic mass is 10.1. The van der Waals surface area contributed by atoms with E-state index in [1.54, 1.807) is 34.1 Å². The number of carbonyl (C=O) groups is 2. The minimum Gasteiger partial charge on any atom is -0.368 e. The number of rotatable bonds is 2. The maximum absolute atomic E-state index is 12.5. The summed E-state index contributed by atoms with van der Waals surface area (Å²) in [6.45, 7) is 2.73. The van der Waals surface area contributed by atoms with Gasteiger partial charge in [0.1, 0.15) is 6.10 Å². The molecule has 2 heterocycles. The van der Waals surface area contributed by atoms with Crippen LogP contribution >= 0.6 is 0 Å². The molecule has 2 saturated heterocycles. The number of hydrogen-bond donors (Lipinski definition) is 0. The largest absolute Gasteiger partial charge is 0.368 e. The summed E-state index contributed by atoms with van der Waals surface area (Å²) in [5.74, 6) is -0.0487. The molecule has 0 N–H and O–H groups in total. The lowest BCUT2D eigenvalue weighted by molar-refractivity contribution is -0.142. The second-order valence-corrected chi connectivity index (χ2v) is 5.81. The molecule has 0 aliphatic carbocycles. The molecule has 0 aromatic heterocycles. The van der Waals surface area contributed by atoms with E-state index in [1.807, 2.05) is 6.07 Å². The van der Waals surface area contributed by atoms with Crippen LogP contribution in [0.4, 0.5) is 0 Å². The fourth-order valence-electron chi connectivity index (χ4n) is 3.01. The van der Waals surface area contributed by atoms with Gasteiger partial charge in [-0.15, -0.1) is 0 Å². The topological polar surface area (TPSA) is 73.6 Å². The van der Waals surface area contributed by atoms with Crippen molar-refractivity contribution in [1.29, 1.82) is 5.26 Å². The molecule has 0 spiro atoms. The van der Waals surface area contributed by atoms with Crippen molar-refractivity contribution in [1.82, 2.24) is 9.80 Å². The Morgan fingerprint density at radius 3 is 2.57 bits per heavy atom. The zero-order valence-corrected chi connectivity index (χ0v) is 12.9. The van der Waals surface area contributed by atoms with Crippen molar-refractivity contribution in [3.05, 3.63) is 35.4 Å². The minimum atomic E-state index is -0.301. The molecule has 2 fully saturated rings. The molecule has 120 valence electrons. The average molecular weight is 313 g/mol. The summed E-state index contributed by atoms with van der Waals surface area (Å²) in [4.78, 5) is 28.3. The molecule has 2 aliphatic rings. The van der Waals surface area contributed by atoms with Crippen LogP contribution in [-0.4, -0.2) is 60.5 Å². The van der Waals surface area contributed by atoms with Gasteiger partial charge < -0.3 is 14.5 Å². The van der Waals surface area contributed by atoms with Gasteiger partial charge in [-0.3, -0.25) is 9.59 Å². The number of ether oxygens (including phenoxy) is 1. The second-order valence-electron chi connectivity index (χ2n) is 5.81. The lowest BCUT2D eigenvalue weighted by Gasteiger charge is -2.35. The number of nitrogens with zero attached hydrogens (tertiary/aromatic N) is 3. The van der Waals surface area contributed by atoms with Gasteiger partial charge >= 0.3 is 0 Å². The molecule has 0 saturated carbocycles. The van der Waals surface area contributed by atoms with E-state index in [2.05, 4.69) is 0 Å². The zero-order chi connectivity index (χ0) is 16.2. The van der Waals surface area contributed by atoms with Crippen LogP contribution in [0.15, 0.2) is 24.3 Å². The highest BCUT2D eigenvalue weighted by atomic mass is 16.5. The summed E-state index contributed by atoms with van der Waals surface area (Å²) in [7, 11) is 0. The molecular formula is C17H19N3O3. The summed E-state index contributed by atoms with van der Waals surface area (Å²) in [6, 6.07) is 8.75. The van der Waals surface area contributed by atoms with E-state index >= 15 is 0 Å². The van der Waals surface area contributed by atoms with Gasteiger partial charge in [0.2, 0.25) is 0 Å². The minimum absolute atomic E-state index is 0.0427. The van der Waals surface area contributed by atoms with Crippen LogP contribution in [-0.2, 0) is 9.53 Å². The Hall–Kier alpha value is -2.39. The van der Waals surface area contributed by atoms with Crippen LogP contribution in [0.5, 0.6) is 0 Å². The third-order valence-electron chi connectivity index (χ3n) is 4.32. The first-order valence-electron chi connectivity index (χ1n) is 7.89. The predicted octanol–water partition coefficient (Wildman–Crippen LogP) is 1.02. The summed E-state index contributed by atoms with van der Waals surface area (Å²) in [5, 5.41) is 8.92. The number of hydrogen-bond acceptors (Lipinski definition) is 4. The molecule has 0 bridgehead atoms. The summed E-state index contributed by atoms with van der Waals surface area (Å²) < 4.78 is 5.43. The van der Waals surface area contributed by atoms with Crippen molar-refractivity contribution < 1.29 is 14.3 Å². The van der Waals surface area contributed by atoms with E-state index in [0.29, 0.717) is 43.9 Å². The Bertz CT molecular complexity index is 639. The van der Waals surface area contributed by atoms with Gasteiger partial charge in [-0.2, -0.15) is 5.26 Å². The fraction of sp³-hybridized carbons (Fsp3) is 0.471. The van der Waals surface area contributed by atoms with Crippen LogP contribution < -0.4 is 0 Å². The maximum Gasteiger partial charge on any atom is 0.254 e. The third-order valence-corrected chi connectivity index (χ3v) is 4.32. The van der Waals surface area contributed by atoms with E-state index in [9.17, 15) is 9.59 Å². The predicted molar refractivity (Wildman–Crippen MR) is 82.6 cm³/mol. The molecule has 3 rings (SSSR count). The van der Waals surface area contributed by atoms with Gasteiger partial charge in [-0.05, 0) is 31.0 Å². The standard InChI is InChI=1S/C17H19N3O3/c18-12-13-3-1-4-14(11-13)16(21)19-6-8-20(9-7-19)17(22)15-5-2-10-23-15/h1,3-4,11,15H,2,5-10H2/t15-/m0/s1. The SMILES string of the molecule is N#Cc1cccc(C(=O)N2CCN(C(=O)[C@@H]3CCCO3)CC2)c1. The monoisotopic (exact) mass is 313 g/mol. The molecular weight excluding hydrogens is 294 g/mol. The Morgan fingerprint density at radius 1 is 1.17 bits per heavy atom. The molecule has 0 radical (unpaired) electrons. The molecule has 2 aliphatic heterocycles. The second kappa shape index (κ2) is 6.80. The van der Waals surface area contributed by atoms with Crippen molar-refractivity contribution >= 4 is 11.8 Å². The van der Waals surface area contributed by atoms with Crippen LogP contribution in [0.25, 0.3) is 0 Å². The van der Waals surface area contributed by atoms with Crippen molar-refractivity contribution in [3.63, 3.8) is 0 Å². The highest BCUT2D eigenvalue weighted by Gasteiger charge is 2.31. The summed E-state index contributed by atoms with van der Waals surface area (Å²) in [5.41, 5.74) is 0.992. The van der Waals surface area contributed by atoms with Gasteiger partial charge in [0.15, 0.2) is 0 Å². The number of amides is 2. The van der Waals surface area contributed by atoms with Crippen molar-refractivity contribution in [3.8, 4) is 6.07 Å². The number of piperazine rings is 1. The van der Waals surface area contributed by atoms with Gasteiger partial charge in [-0.25, -0.2) is 0 Å². The van der Waals surface area contributed by atoms with Gasteiger partial charge in [0.25, 0.3) is 11.8 Å². The molecule has 6 nitrogen and oxygen atoms in total. The number of nitriles is 1. The van der Waals surface area contributed by atoms with Gasteiger partial charge in [0.05, 0.1) is 11.6 Å². The van der Waals surface area contributed by atoms with Crippen molar-refractivity contribution in [2.45, 2.75) is 18.9 Å². The Kier molecular flexibility index (Phi) is 4.58. The molecule has 0 unspecified atom stereocenters. The first-order valence-corrected chi connectivity index (χ1v) is 7.89. The molecule has 1 aromatic rings. The van der Waals surface area contributed by atoms with Crippen LogP contribution in [0.2, 0.25) is 0 Å². The lowest BCUT2D eigenvalue weighted by Crippen LogP contribution is -2.52. The summed E-state index contributed by atoms with van der Waals surface area (Å²) >= 11 is 0. The highest BCUT2D eigenvalue weighted by Crippen LogP contribution is 2.17. The normalized spacial score (nSPS) is 21.1. The zero-order valence-electron chi connectivity index (χ0n) is 12.9. The molecule has 1 aromatic carbocycles. The van der Waals surface area contributed by atoms with E-state index in [-0.39, 0.29) is 17.9 Å². The van der Waals surface area contributed by atoms with E-state index in [0.717, 1.165) is 12.8 Å². The van der Waals surface area contributed by atoms with Crippen molar-refractivity contribution in [2.24, 2.45) is 0 Å². The first-order chi connectivity index (χ1) is 11.2. The fourth-order valence-corrected chi connectivity index (χ4v) is 3.01. The maximum atomic E-state index is 12.5. The van der Waals surface area contributed by atoms with Crippen LogP contribution in [0.1, 0.15) is 28.8 Å². The Balaban J connectivity index is 1.59. The third kappa shape index (κ3) is 3.35. The van der Waals surface area contributed by atoms with Crippen LogP contribution in [0, 0.1) is 11.3 Å².